The van der Waals surface area contributed by atoms with Crippen molar-refractivity contribution in [1.82, 2.24) is 0 Å². The van der Waals surface area contributed by atoms with E-state index in [-0.39, 0.29) is 10.8 Å². The fourth-order valence-corrected chi connectivity index (χ4v) is 18.2. The number of fused-ring (bicyclic) bond motifs is 16. The summed E-state index contributed by atoms with van der Waals surface area (Å²) in [4.78, 5) is 5.20. The molecule has 4 heteroatoms. The largest absolute Gasteiger partial charge is 0.309 e. The monoisotopic (exact) mass is 1100 g/mol. The lowest BCUT2D eigenvalue weighted by atomic mass is 9.73. The van der Waals surface area contributed by atoms with Gasteiger partial charge in [0.1, 0.15) is 0 Å². The SMILES string of the molecule is CC1(C)c2ccccc2N(c2ccc3c4c(-c5ccccc5)c5c6cccc7c(N8c9ccccc9C(C)(C)c9cc%10c(cc98)sc8ccccc8%10)ccc(c5c(-c5ccccc5)c4c4cccc2c43)c76)c2cc3sc4ccccc4c3cc21. The van der Waals surface area contributed by atoms with Gasteiger partial charge < -0.3 is 9.80 Å². The first-order valence-corrected chi connectivity index (χ1v) is 31.0. The van der Waals surface area contributed by atoms with Crippen LogP contribution in [0, 0.1) is 0 Å². The molecule has 0 spiro atoms. The minimum Gasteiger partial charge on any atom is -0.309 e. The Morgan fingerprint density at radius 1 is 0.238 bits per heavy atom. The molecule has 0 saturated carbocycles. The second-order valence-electron chi connectivity index (χ2n) is 24.6. The Morgan fingerprint density at radius 3 is 1.04 bits per heavy atom. The zero-order valence-corrected chi connectivity index (χ0v) is 48.4. The van der Waals surface area contributed by atoms with E-state index in [2.05, 4.69) is 280 Å². The van der Waals surface area contributed by atoms with Gasteiger partial charge in [0.05, 0.1) is 34.1 Å². The lowest BCUT2D eigenvalue weighted by Gasteiger charge is -2.42. The number of hydrogen-bond acceptors (Lipinski definition) is 4. The van der Waals surface area contributed by atoms with Crippen molar-refractivity contribution in [2.45, 2.75) is 38.5 Å². The molecule has 0 N–H and O–H groups in total. The van der Waals surface area contributed by atoms with Gasteiger partial charge in [-0.25, -0.2) is 0 Å². The number of rotatable bonds is 4. The van der Waals surface area contributed by atoms with Crippen LogP contribution in [0.5, 0.6) is 0 Å². The quantitative estimate of drug-likeness (QED) is 0.173. The number of anilines is 6. The summed E-state index contributed by atoms with van der Waals surface area (Å²) in [6, 6.07) is 92.8. The summed E-state index contributed by atoms with van der Waals surface area (Å²) in [5.41, 5.74) is 17.3. The van der Waals surface area contributed by atoms with E-state index in [9.17, 15) is 0 Å². The Balaban J connectivity index is 0.924. The van der Waals surface area contributed by atoms with Crippen LogP contribution in [0.2, 0.25) is 0 Å². The van der Waals surface area contributed by atoms with Crippen LogP contribution < -0.4 is 9.80 Å². The summed E-state index contributed by atoms with van der Waals surface area (Å²) < 4.78 is 5.28. The third kappa shape index (κ3) is 5.99. The molecule has 0 saturated heterocycles. The van der Waals surface area contributed by atoms with Gasteiger partial charge in [-0.3, -0.25) is 0 Å². The van der Waals surface area contributed by atoms with Crippen LogP contribution in [0.25, 0.3) is 127 Å². The number of thiophene rings is 2. The van der Waals surface area contributed by atoms with E-state index in [0.29, 0.717) is 0 Å². The van der Waals surface area contributed by atoms with E-state index in [0.717, 1.165) is 0 Å². The molecule has 0 unspecified atom stereocenters. The van der Waals surface area contributed by atoms with Crippen molar-refractivity contribution in [2.75, 3.05) is 9.80 Å². The van der Waals surface area contributed by atoms with Crippen molar-refractivity contribution in [3.63, 3.8) is 0 Å². The highest BCUT2D eigenvalue weighted by molar-refractivity contribution is 7.26. The van der Waals surface area contributed by atoms with Crippen molar-refractivity contribution in [3.8, 4) is 22.3 Å². The van der Waals surface area contributed by atoms with Gasteiger partial charge in [-0.15, -0.1) is 22.7 Å². The van der Waals surface area contributed by atoms with E-state index < -0.39 is 0 Å². The highest BCUT2D eigenvalue weighted by Gasteiger charge is 2.41. The Hall–Kier alpha value is -9.58. The maximum Gasteiger partial charge on any atom is 0.0540 e. The van der Waals surface area contributed by atoms with Gasteiger partial charge in [0.15, 0.2) is 0 Å². The molecule has 19 rings (SSSR count). The maximum absolute atomic E-state index is 2.60. The first-order valence-electron chi connectivity index (χ1n) is 29.4. The normalized spacial score (nSPS) is 14.6. The molecule has 0 radical (unpaired) electrons. The Kier molecular flexibility index (Phi) is 9.27. The molecule has 15 aromatic carbocycles. The summed E-state index contributed by atoms with van der Waals surface area (Å²) in [7, 11) is 0. The molecule has 17 aromatic rings. The second kappa shape index (κ2) is 16.6. The van der Waals surface area contributed by atoms with Crippen LogP contribution in [-0.2, 0) is 10.8 Å². The molecule has 0 aliphatic carbocycles. The topological polar surface area (TPSA) is 6.48 Å². The van der Waals surface area contributed by atoms with Gasteiger partial charge in [-0.1, -0.05) is 210 Å². The minimum atomic E-state index is -0.230. The first-order chi connectivity index (χ1) is 41.2. The summed E-state index contributed by atoms with van der Waals surface area (Å²) >= 11 is 3.80. The van der Waals surface area contributed by atoms with Crippen molar-refractivity contribution < 1.29 is 0 Å². The van der Waals surface area contributed by atoms with Gasteiger partial charge in [0.2, 0.25) is 0 Å². The molecule has 2 aromatic heterocycles. The molecule has 394 valence electrons. The lowest BCUT2D eigenvalue weighted by molar-refractivity contribution is 0.633. The fraction of sp³-hybridized carbons (Fsp3) is 0.0750. The smallest absolute Gasteiger partial charge is 0.0540 e. The van der Waals surface area contributed by atoms with Gasteiger partial charge in [-0.05, 0) is 159 Å². The number of hydrogen-bond donors (Lipinski definition) is 0. The van der Waals surface area contributed by atoms with Crippen molar-refractivity contribution >= 4 is 162 Å². The summed E-state index contributed by atoms with van der Waals surface area (Å²) in [5, 5.41) is 20.8. The van der Waals surface area contributed by atoms with Crippen molar-refractivity contribution in [3.05, 3.63) is 265 Å². The average molecular weight is 1110 g/mol. The second-order valence-corrected chi connectivity index (χ2v) is 26.8. The maximum atomic E-state index is 2.60. The molecule has 2 nitrogen and oxygen atoms in total. The number of nitrogens with zero attached hydrogens (tertiary/aromatic N) is 2. The summed E-state index contributed by atoms with van der Waals surface area (Å²) in [5.74, 6) is 0. The van der Waals surface area contributed by atoms with E-state index in [1.807, 2.05) is 22.7 Å². The standard InChI is InChI=1S/C80H52N2S2/c1-79(2)57-31-13-15-33-63(57)81(65-43-69-55(41-59(65)79)47-25-11-17-35-67(47)83-69)61-39-37-53-73-49(61)27-19-29-51(73)75-71(45-21-7-5-8-22-45)78-54-38-40-62(50-28-20-30-52(74(50)54)76(78)72(77(53)75)46-23-9-6-10-24-46)82-64-34-16-14-32-58(64)80(3,4)60-42-56-48-26-12-18-36-68(48)84-70(56)44-66(60)82/h5-44H,1-4H3. The third-order valence-corrected chi connectivity index (χ3v) is 21.9. The molecule has 4 heterocycles. The van der Waals surface area contributed by atoms with E-state index in [4.69, 9.17) is 0 Å². The summed E-state index contributed by atoms with van der Waals surface area (Å²) in [6.07, 6.45) is 0. The van der Waals surface area contributed by atoms with Crippen LogP contribution >= 0.6 is 22.7 Å². The van der Waals surface area contributed by atoms with Crippen LogP contribution in [0.4, 0.5) is 34.1 Å². The van der Waals surface area contributed by atoms with Gasteiger partial charge in [-0.2, -0.15) is 0 Å². The van der Waals surface area contributed by atoms with Crippen LogP contribution in [0.1, 0.15) is 49.9 Å². The Morgan fingerprint density at radius 2 is 0.595 bits per heavy atom. The molecule has 0 atom stereocenters. The van der Waals surface area contributed by atoms with Crippen LogP contribution in [-0.4, -0.2) is 0 Å². The zero-order chi connectivity index (χ0) is 55.5. The lowest BCUT2D eigenvalue weighted by Crippen LogP contribution is -2.30. The van der Waals surface area contributed by atoms with E-state index in [1.54, 1.807) is 0 Å². The van der Waals surface area contributed by atoms with E-state index >= 15 is 0 Å². The predicted molar refractivity (Wildman–Crippen MR) is 364 cm³/mol. The zero-order valence-electron chi connectivity index (χ0n) is 46.8. The molecule has 2 aliphatic heterocycles. The first kappa shape index (κ1) is 47.0. The van der Waals surface area contributed by atoms with Gasteiger partial charge in [0.25, 0.3) is 0 Å². The van der Waals surface area contributed by atoms with Crippen molar-refractivity contribution in [2.24, 2.45) is 0 Å². The van der Waals surface area contributed by atoms with Crippen molar-refractivity contribution in [1.29, 1.82) is 0 Å². The molecule has 84 heavy (non-hydrogen) atoms. The van der Waals surface area contributed by atoms with Gasteiger partial charge in [0, 0.05) is 61.9 Å². The van der Waals surface area contributed by atoms with Crippen LogP contribution in [0.15, 0.2) is 243 Å². The molecule has 0 bridgehead atoms. The summed E-state index contributed by atoms with van der Waals surface area (Å²) in [6.45, 7) is 9.66. The Bertz CT molecular complexity index is 5280. The Labute approximate surface area is 494 Å². The average Bonchev–Trinajstić information content (AvgIpc) is 2.48. The highest BCUT2D eigenvalue weighted by atomic mass is 32.1. The van der Waals surface area contributed by atoms with Crippen LogP contribution in [0.3, 0.4) is 0 Å². The minimum absolute atomic E-state index is 0.230. The number of benzene rings is 13. The van der Waals surface area contributed by atoms with E-state index in [1.165, 1.54) is 184 Å². The number of para-hydroxylation sites is 2. The highest BCUT2D eigenvalue weighted by Crippen LogP contribution is 2.61. The predicted octanol–water partition coefficient (Wildman–Crippen LogP) is 23.8. The molecule has 0 amide bonds. The fourth-order valence-electron chi connectivity index (χ4n) is 16.0. The molecular weight excluding hydrogens is 1050 g/mol. The third-order valence-electron chi connectivity index (χ3n) is 19.7. The molecule has 0 fully saturated rings. The molecular formula is C80H52N2S2. The molecule has 2 aliphatic rings. The van der Waals surface area contributed by atoms with Gasteiger partial charge >= 0.3 is 0 Å².